The van der Waals surface area contributed by atoms with Crippen LogP contribution in [0.4, 0.5) is 17.3 Å². The van der Waals surface area contributed by atoms with E-state index in [9.17, 15) is 4.79 Å². The molecule has 2 N–H and O–H groups in total. The lowest BCUT2D eigenvalue weighted by Gasteiger charge is -2.28. The van der Waals surface area contributed by atoms with Gasteiger partial charge in [0.05, 0.1) is 18.8 Å². The number of rotatable bonds is 5. The van der Waals surface area contributed by atoms with Crippen LogP contribution in [-0.2, 0) is 9.53 Å². The van der Waals surface area contributed by atoms with E-state index in [0.717, 1.165) is 66.7 Å². The van der Waals surface area contributed by atoms with Gasteiger partial charge in [-0.05, 0) is 37.1 Å². The Labute approximate surface area is 190 Å². The van der Waals surface area contributed by atoms with E-state index in [2.05, 4.69) is 31.6 Å². The van der Waals surface area contributed by atoms with Gasteiger partial charge < -0.3 is 24.7 Å². The molecule has 1 saturated carbocycles. The molecule has 1 aliphatic heterocycles. The average Bonchev–Trinajstić information content (AvgIpc) is 3.62. The zero-order valence-corrected chi connectivity index (χ0v) is 18.3. The number of pyridine rings is 2. The molecule has 2 fully saturated rings. The molecular formula is C24H24N6O3. The average molecular weight is 444 g/mol. The summed E-state index contributed by atoms with van der Waals surface area (Å²) in [4.78, 5) is 28.3. The summed E-state index contributed by atoms with van der Waals surface area (Å²) < 4.78 is 11.6. The van der Waals surface area contributed by atoms with Crippen LogP contribution in [0.3, 0.4) is 0 Å². The molecule has 3 aromatic heterocycles. The maximum Gasteiger partial charge on any atom is 0.229 e. The van der Waals surface area contributed by atoms with Crippen LogP contribution < -0.4 is 15.5 Å². The van der Waals surface area contributed by atoms with E-state index in [0.29, 0.717) is 23.1 Å². The first kappa shape index (κ1) is 19.9. The summed E-state index contributed by atoms with van der Waals surface area (Å²) in [6.07, 6.45) is 5.34. The predicted molar refractivity (Wildman–Crippen MR) is 126 cm³/mol. The molecule has 0 bridgehead atoms. The van der Waals surface area contributed by atoms with Crippen molar-refractivity contribution in [1.29, 1.82) is 0 Å². The number of nitrogens with one attached hydrogen (secondary N) is 2. The number of carbonyl (C=O) groups excluding carboxylic acids is 1. The second kappa shape index (κ2) is 8.00. The fourth-order valence-corrected chi connectivity index (χ4v) is 4.20. The highest BCUT2D eigenvalue weighted by Crippen LogP contribution is 2.35. The van der Waals surface area contributed by atoms with E-state index in [-0.39, 0.29) is 11.8 Å². The second-order valence-corrected chi connectivity index (χ2v) is 8.42. The van der Waals surface area contributed by atoms with Crippen LogP contribution in [0.25, 0.3) is 33.3 Å². The van der Waals surface area contributed by atoms with Gasteiger partial charge in [0, 0.05) is 54.9 Å². The van der Waals surface area contributed by atoms with Crippen LogP contribution in [0.15, 0.2) is 41.1 Å². The topological polar surface area (TPSA) is 105 Å². The van der Waals surface area contributed by atoms with Crippen molar-refractivity contribution in [3.05, 3.63) is 36.7 Å². The molecule has 9 heteroatoms. The van der Waals surface area contributed by atoms with E-state index in [1.165, 1.54) is 0 Å². The monoisotopic (exact) mass is 444 g/mol. The van der Waals surface area contributed by atoms with Crippen LogP contribution in [0.5, 0.6) is 0 Å². The number of anilines is 3. The molecule has 0 atom stereocenters. The van der Waals surface area contributed by atoms with Crippen LogP contribution in [-0.4, -0.2) is 54.2 Å². The van der Waals surface area contributed by atoms with Crippen molar-refractivity contribution in [2.75, 3.05) is 48.9 Å². The molecule has 6 rings (SSSR count). The highest BCUT2D eigenvalue weighted by molar-refractivity contribution is 6.03. The summed E-state index contributed by atoms with van der Waals surface area (Å²) in [5, 5.41) is 7.71. The first-order valence-corrected chi connectivity index (χ1v) is 11.2. The summed E-state index contributed by atoms with van der Waals surface area (Å²) in [5.74, 6) is 1.82. The third-order valence-electron chi connectivity index (χ3n) is 6.19. The summed E-state index contributed by atoms with van der Waals surface area (Å²) in [6.45, 7) is 3.17. The normalized spacial score (nSPS) is 16.3. The van der Waals surface area contributed by atoms with Gasteiger partial charge in [0.25, 0.3) is 0 Å². The van der Waals surface area contributed by atoms with Crippen LogP contribution in [0.2, 0.25) is 0 Å². The zero-order chi connectivity index (χ0) is 22.4. The van der Waals surface area contributed by atoms with Crippen molar-refractivity contribution < 1.29 is 13.9 Å². The number of ether oxygens (including phenoxy) is 1. The van der Waals surface area contributed by atoms with Gasteiger partial charge in [0.2, 0.25) is 11.8 Å². The number of fused-ring (bicyclic) bond motifs is 2. The third kappa shape index (κ3) is 3.74. The summed E-state index contributed by atoms with van der Waals surface area (Å²) >= 11 is 0. The highest BCUT2D eigenvalue weighted by Gasteiger charge is 2.30. The SMILES string of the molecule is CNc1ncc(-c2nc3cc(N4CCOCC4)ccc3o2)c2cc(NC(=O)C3CC3)ncc12. The minimum absolute atomic E-state index is 0.0174. The number of hydrogen-bond acceptors (Lipinski definition) is 8. The zero-order valence-electron chi connectivity index (χ0n) is 18.3. The first-order valence-electron chi connectivity index (χ1n) is 11.2. The van der Waals surface area contributed by atoms with E-state index in [1.54, 1.807) is 12.4 Å². The molecule has 33 heavy (non-hydrogen) atoms. The van der Waals surface area contributed by atoms with Gasteiger partial charge in [-0.3, -0.25) is 4.79 Å². The smallest absolute Gasteiger partial charge is 0.229 e. The summed E-state index contributed by atoms with van der Waals surface area (Å²) in [7, 11) is 1.82. The minimum Gasteiger partial charge on any atom is -0.436 e. The number of benzene rings is 1. The summed E-state index contributed by atoms with van der Waals surface area (Å²) in [5.41, 5.74) is 3.35. The number of nitrogens with zero attached hydrogens (tertiary/aromatic N) is 4. The van der Waals surface area contributed by atoms with Crippen molar-refractivity contribution in [1.82, 2.24) is 15.0 Å². The van der Waals surface area contributed by atoms with Gasteiger partial charge in [-0.1, -0.05) is 0 Å². The number of amides is 1. The van der Waals surface area contributed by atoms with E-state index in [1.807, 2.05) is 25.2 Å². The van der Waals surface area contributed by atoms with Crippen LogP contribution >= 0.6 is 0 Å². The molecule has 0 radical (unpaired) electrons. The molecule has 9 nitrogen and oxygen atoms in total. The molecule has 1 amide bonds. The number of aromatic nitrogens is 3. The fourth-order valence-electron chi connectivity index (χ4n) is 4.20. The molecule has 1 aliphatic carbocycles. The van der Waals surface area contributed by atoms with Gasteiger partial charge in [-0.25, -0.2) is 15.0 Å². The van der Waals surface area contributed by atoms with Crippen molar-refractivity contribution in [2.24, 2.45) is 5.92 Å². The van der Waals surface area contributed by atoms with E-state index < -0.39 is 0 Å². The molecule has 4 heterocycles. The van der Waals surface area contributed by atoms with Crippen molar-refractivity contribution in [3.8, 4) is 11.5 Å². The lowest BCUT2D eigenvalue weighted by Crippen LogP contribution is -2.36. The maximum atomic E-state index is 12.3. The number of carbonyl (C=O) groups is 1. The van der Waals surface area contributed by atoms with Crippen molar-refractivity contribution in [3.63, 3.8) is 0 Å². The van der Waals surface area contributed by atoms with E-state index >= 15 is 0 Å². The highest BCUT2D eigenvalue weighted by atomic mass is 16.5. The molecule has 1 saturated heterocycles. The molecular weight excluding hydrogens is 420 g/mol. The number of hydrogen-bond donors (Lipinski definition) is 2. The van der Waals surface area contributed by atoms with Gasteiger partial charge in [0.15, 0.2) is 5.58 Å². The number of oxazole rings is 1. The van der Waals surface area contributed by atoms with Crippen molar-refractivity contribution in [2.45, 2.75) is 12.8 Å². The summed E-state index contributed by atoms with van der Waals surface area (Å²) in [6, 6.07) is 7.92. The molecule has 0 unspecified atom stereocenters. The third-order valence-corrected chi connectivity index (χ3v) is 6.19. The lowest BCUT2D eigenvalue weighted by atomic mass is 10.1. The predicted octanol–water partition coefficient (Wildman–Crippen LogP) is 3.66. The molecule has 1 aromatic carbocycles. The Balaban J connectivity index is 1.41. The van der Waals surface area contributed by atoms with E-state index in [4.69, 9.17) is 14.1 Å². The standard InChI is InChI=1S/C24H24N6O3/c1-25-22-17-12-26-21(29-23(31)14-2-3-14)11-16(17)18(13-27-22)24-28-19-10-15(4-5-20(19)33-24)30-6-8-32-9-7-30/h4-5,10-14H,2-3,6-9H2,1H3,(H,25,27)(H,26,29,31). The molecule has 4 aromatic rings. The molecule has 2 aliphatic rings. The van der Waals surface area contributed by atoms with Crippen molar-refractivity contribution >= 4 is 45.1 Å². The quantitative estimate of drug-likeness (QED) is 0.480. The van der Waals surface area contributed by atoms with Crippen LogP contribution in [0, 0.1) is 5.92 Å². The Kier molecular flexibility index (Phi) is 4.83. The number of morpholine rings is 1. The van der Waals surface area contributed by atoms with Gasteiger partial charge >= 0.3 is 0 Å². The Morgan fingerprint density at radius 1 is 1.09 bits per heavy atom. The van der Waals surface area contributed by atoms with Gasteiger partial charge in [0.1, 0.15) is 17.2 Å². The Morgan fingerprint density at radius 2 is 1.94 bits per heavy atom. The molecule has 0 spiro atoms. The Hall–Kier alpha value is -3.72. The van der Waals surface area contributed by atoms with Gasteiger partial charge in [-0.2, -0.15) is 0 Å². The first-order chi connectivity index (χ1) is 16.2. The maximum absolute atomic E-state index is 12.3. The fraction of sp³-hybridized carbons (Fsp3) is 0.333. The Bertz CT molecular complexity index is 1360. The largest absolute Gasteiger partial charge is 0.436 e. The Morgan fingerprint density at radius 3 is 2.73 bits per heavy atom. The molecule has 168 valence electrons. The van der Waals surface area contributed by atoms with Gasteiger partial charge in [-0.15, -0.1) is 0 Å². The minimum atomic E-state index is 0.0174. The van der Waals surface area contributed by atoms with Crippen LogP contribution in [0.1, 0.15) is 12.8 Å². The second-order valence-electron chi connectivity index (χ2n) is 8.42. The lowest BCUT2D eigenvalue weighted by molar-refractivity contribution is -0.117.